The normalized spacial score (nSPS) is 15.4. The number of benzene rings is 2. The maximum Gasteiger partial charge on any atom is 0.271 e. The summed E-state index contributed by atoms with van der Waals surface area (Å²) in [6, 6.07) is 8.07. The molecular weight excluding hydrogens is 471 g/mol. The zero-order valence-corrected chi connectivity index (χ0v) is 17.5. The first-order chi connectivity index (χ1) is 13.8. The predicted octanol–water partition coefficient (Wildman–Crippen LogP) is 4.13. The summed E-state index contributed by atoms with van der Waals surface area (Å²) in [7, 11) is -4.42. The van der Waals surface area contributed by atoms with Crippen molar-refractivity contribution in [3.05, 3.63) is 58.4 Å². The molecule has 0 radical (unpaired) electrons. The molecule has 10 heteroatoms. The third-order valence-electron chi connectivity index (χ3n) is 4.91. The van der Waals surface area contributed by atoms with Gasteiger partial charge in [0, 0.05) is 53.5 Å². The van der Waals surface area contributed by atoms with E-state index in [1.807, 2.05) is 4.90 Å². The Kier molecular flexibility index (Phi) is 5.34. The molecule has 0 amide bonds. The van der Waals surface area contributed by atoms with Crippen molar-refractivity contribution in [2.45, 2.75) is 11.3 Å². The van der Waals surface area contributed by atoms with E-state index in [0.717, 1.165) is 22.3 Å². The molecule has 3 aromatic rings. The third-order valence-corrected chi connectivity index (χ3v) is 7.07. The highest BCUT2D eigenvalue weighted by atomic mass is 79.9. The number of piperazine rings is 1. The SMILES string of the molecule is O=S(=O)(c1ccccc1F)n1cc(C(F)F)c2c(N3CCNCC3)cc(Br)cc21. The Morgan fingerprint density at radius 3 is 2.45 bits per heavy atom. The van der Waals surface area contributed by atoms with Crippen LogP contribution >= 0.6 is 15.9 Å². The Morgan fingerprint density at radius 1 is 1.10 bits per heavy atom. The van der Waals surface area contributed by atoms with Crippen LogP contribution in [-0.2, 0) is 10.0 Å². The van der Waals surface area contributed by atoms with Crippen LogP contribution in [0.3, 0.4) is 0 Å². The molecule has 1 aliphatic rings. The van der Waals surface area contributed by atoms with Crippen LogP contribution in [0.25, 0.3) is 10.9 Å². The molecule has 0 saturated carbocycles. The van der Waals surface area contributed by atoms with Crippen LogP contribution in [0.4, 0.5) is 18.9 Å². The number of alkyl halides is 2. The monoisotopic (exact) mass is 487 g/mol. The Bertz CT molecular complexity index is 1170. The number of hydrogen-bond donors (Lipinski definition) is 1. The summed E-state index contributed by atoms with van der Waals surface area (Å²) in [5, 5.41) is 3.35. The van der Waals surface area contributed by atoms with Gasteiger partial charge in [0.2, 0.25) is 0 Å². The van der Waals surface area contributed by atoms with E-state index in [0.29, 0.717) is 36.3 Å². The zero-order valence-electron chi connectivity index (χ0n) is 15.1. The van der Waals surface area contributed by atoms with Crippen molar-refractivity contribution in [2.24, 2.45) is 0 Å². The lowest BCUT2D eigenvalue weighted by atomic mass is 10.1. The van der Waals surface area contributed by atoms with Crippen molar-refractivity contribution in [1.82, 2.24) is 9.29 Å². The van der Waals surface area contributed by atoms with Gasteiger partial charge in [0.15, 0.2) is 0 Å². The lowest BCUT2D eigenvalue weighted by Crippen LogP contribution is -2.43. The van der Waals surface area contributed by atoms with Gasteiger partial charge in [0.25, 0.3) is 16.4 Å². The molecule has 1 aromatic heterocycles. The molecule has 2 aromatic carbocycles. The van der Waals surface area contributed by atoms with Crippen molar-refractivity contribution in [3.8, 4) is 0 Å². The van der Waals surface area contributed by atoms with E-state index in [-0.39, 0.29) is 10.9 Å². The van der Waals surface area contributed by atoms with Gasteiger partial charge in [-0.25, -0.2) is 25.6 Å². The van der Waals surface area contributed by atoms with Gasteiger partial charge in [-0.2, -0.15) is 0 Å². The fraction of sp³-hybridized carbons (Fsp3) is 0.263. The van der Waals surface area contributed by atoms with Gasteiger partial charge in [0.1, 0.15) is 10.7 Å². The fourth-order valence-corrected chi connectivity index (χ4v) is 5.45. The molecule has 0 aliphatic carbocycles. The topological polar surface area (TPSA) is 54.3 Å². The van der Waals surface area contributed by atoms with Gasteiger partial charge in [-0.05, 0) is 24.3 Å². The average molecular weight is 488 g/mol. The summed E-state index contributed by atoms with van der Waals surface area (Å²) < 4.78 is 69.6. The smallest absolute Gasteiger partial charge is 0.271 e. The largest absolute Gasteiger partial charge is 0.368 e. The molecule has 1 aliphatic heterocycles. The van der Waals surface area contributed by atoms with Crippen molar-refractivity contribution < 1.29 is 21.6 Å². The molecule has 1 N–H and O–H groups in total. The van der Waals surface area contributed by atoms with Gasteiger partial charge in [-0.3, -0.25) is 0 Å². The summed E-state index contributed by atoms with van der Waals surface area (Å²) in [5.41, 5.74) is 0.195. The lowest BCUT2D eigenvalue weighted by Gasteiger charge is -2.30. The molecule has 5 nitrogen and oxygen atoms in total. The van der Waals surface area contributed by atoms with Crippen LogP contribution in [0.1, 0.15) is 12.0 Å². The second-order valence-electron chi connectivity index (χ2n) is 6.67. The summed E-state index contributed by atoms with van der Waals surface area (Å²) in [6.45, 7) is 2.57. The van der Waals surface area contributed by atoms with E-state index in [2.05, 4.69) is 21.2 Å². The summed E-state index contributed by atoms with van der Waals surface area (Å²) in [6.07, 6.45) is -1.99. The highest BCUT2D eigenvalue weighted by Crippen LogP contribution is 2.40. The van der Waals surface area contributed by atoms with Crippen LogP contribution in [0.5, 0.6) is 0 Å². The molecule has 154 valence electrons. The molecule has 29 heavy (non-hydrogen) atoms. The van der Waals surface area contributed by atoms with E-state index < -0.39 is 32.7 Å². The first-order valence-corrected chi connectivity index (χ1v) is 11.1. The lowest BCUT2D eigenvalue weighted by molar-refractivity contribution is 0.153. The summed E-state index contributed by atoms with van der Waals surface area (Å²) in [5.74, 6) is -0.940. The number of anilines is 1. The molecule has 1 saturated heterocycles. The minimum atomic E-state index is -4.42. The van der Waals surface area contributed by atoms with E-state index in [4.69, 9.17) is 0 Å². The molecule has 2 heterocycles. The first-order valence-electron chi connectivity index (χ1n) is 8.89. The standard InChI is InChI=1S/C19H17BrF3N3O2S/c20-12-9-15(25-7-5-24-6-8-25)18-13(19(22)23)11-26(16(18)10-12)29(27,28)17-4-2-1-3-14(17)21/h1-4,9-11,19,24H,5-8H2. The molecule has 1 fully saturated rings. The van der Waals surface area contributed by atoms with E-state index in [1.54, 1.807) is 6.07 Å². The highest BCUT2D eigenvalue weighted by molar-refractivity contribution is 9.10. The number of fused-ring (bicyclic) bond motifs is 1. The summed E-state index contributed by atoms with van der Waals surface area (Å²) in [4.78, 5) is 1.37. The number of rotatable bonds is 4. The number of hydrogen-bond acceptors (Lipinski definition) is 4. The Morgan fingerprint density at radius 2 is 1.79 bits per heavy atom. The van der Waals surface area contributed by atoms with Crippen LogP contribution in [0, 0.1) is 5.82 Å². The summed E-state index contributed by atoms with van der Waals surface area (Å²) >= 11 is 3.36. The zero-order chi connectivity index (χ0) is 20.8. The van der Waals surface area contributed by atoms with Crippen LogP contribution < -0.4 is 10.2 Å². The fourth-order valence-electron chi connectivity index (χ4n) is 3.59. The Hall–Kier alpha value is -2.04. The maximum absolute atomic E-state index is 14.2. The number of nitrogens with one attached hydrogen (secondary N) is 1. The molecule has 0 spiro atoms. The number of nitrogens with zero attached hydrogens (tertiary/aromatic N) is 2. The van der Waals surface area contributed by atoms with Crippen LogP contribution in [-0.4, -0.2) is 38.6 Å². The maximum atomic E-state index is 14.2. The molecule has 4 rings (SSSR count). The quantitative estimate of drug-likeness (QED) is 0.601. The molecule has 0 unspecified atom stereocenters. The van der Waals surface area contributed by atoms with E-state index >= 15 is 0 Å². The van der Waals surface area contributed by atoms with E-state index in [9.17, 15) is 21.6 Å². The molecular formula is C19H17BrF3N3O2S. The van der Waals surface area contributed by atoms with Crippen molar-refractivity contribution in [3.63, 3.8) is 0 Å². The van der Waals surface area contributed by atoms with Gasteiger partial charge in [-0.1, -0.05) is 28.1 Å². The van der Waals surface area contributed by atoms with Crippen molar-refractivity contribution in [2.75, 3.05) is 31.1 Å². The van der Waals surface area contributed by atoms with Crippen molar-refractivity contribution in [1.29, 1.82) is 0 Å². The first kappa shape index (κ1) is 20.2. The van der Waals surface area contributed by atoms with Gasteiger partial charge < -0.3 is 10.2 Å². The van der Waals surface area contributed by atoms with Crippen LogP contribution in [0.2, 0.25) is 0 Å². The number of aromatic nitrogens is 1. The molecule has 0 atom stereocenters. The number of halogens is 4. The van der Waals surface area contributed by atoms with Crippen molar-refractivity contribution >= 4 is 42.5 Å². The molecule has 0 bridgehead atoms. The minimum absolute atomic E-state index is 0.0754. The van der Waals surface area contributed by atoms with E-state index in [1.165, 1.54) is 18.2 Å². The third kappa shape index (κ3) is 3.53. The average Bonchev–Trinajstić information content (AvgIpc) is 3.08. The van der Waals surface area contributed by atoms with Gasteiger partial charge in [0.05, 0.1) is 5.52 Å². The predicted molar refractivity (Wildman–Crippen MR) is 109 cm³/mol. The Labute approximate surface area is 174 Å². The highest BCUT2D eigenvalue weighted by Gasteiger charge is 2.29. The van der Waals surface area contributed by atoms with Crippen LogP contribution in [0.15, 0.2) is 52.0 Å². The minimum Gasteiger partial charge on any atom is -0.368 e. The van der Waals surface area contributed by atoms with Gasteiger partial charge in [-0.15, -0.1) is 0 Å². The van der Waals surface area contributed by atoms with Gasteiger partial charge >= 0.3 is 0 Å². The Balaban J connectivity index is 2.02. The second kappa shape index (κ2) is 7.66. The second-order valence-corrected chi connectivity index (χ2v) is 9.37.